The van der Waals surface area contributed by atoms with Crippen molar-refractivity contribution < 1.29 is 4.84 Å². The highest BCUT2D eigenvalue weighted by Crippen LogP contribution is 2.00. The lowest BCUT2D eigenvalue weighted by atomic mass is 10.6. The average Bonchev–Trinajstić information content (AvgIpc) is 1.91. The van der Waals surface area contributed by atoms with Gasteiger partial charge < -0.3 is 4.84 Å². The molecule has 0 aromatic rings. The zero-order valence-corrected chi connectivity index (χ0v) is 4.18. The lowest BCUT2D eigenvalue weighted by Gasteiger charge is -1.92. The average molecular weight is 117 g/mol. The van der Waals surface area contributed by atoms with Gasteiger partial charge in [-0.05, 0) is 0 Å². The van der Waals surface area contributed by atoms with Crippen LogP contribution in [0.15, 0.2) is 10.4 Å². The summed E-state index contributed by atoms with van der Waals surface area (Å²) in [4.78, 5) is 4.67. The third-order valence-corrected chi connectivity index (χ3v) is 0.857. The van der Waals surface area contributed by atoms with E-state index in [1.165, 1.54) is 0 Å². The van der Waals surface area contributed by atoms with E-state index < -0.39 is 6.23 Å². The van der Waals surface area contributed by atoms with Crippen LogP contribution in [0.1, 0.15) is 0 Å². The standard InChI is InChI=1S/C2H3N3OS/c3-1-2(7)4-5-6-1/h1H,3H2. The van der Waals surface area contributed by atoms with Crippen LogP contribution < -0.4 is 5.73 Å². The van der Waals surface area contributed by atoms with E-state index in [0.717, 1.165) is 0 Å². The Morgan fingerprint density at radius 1 is 1.86 bits per heavy atom. The zero-order chi connectivity index (χ0) is 5.28. The van der Waals surface area contributed by atoms with E-state index in [9.17, 15) is 0 Å². The van der Waals surface area contributed by atoms with Crippen LogP contribution >= 0.6 is 12.2 Å². The van der Waals surface area contributed by atoms with E-state index in [1.807, 2.05) is 0 Å². The van der Waals surface area contributed by atoms with Gasteiger partial charge in [0.25, 0.3) is 0 Å². The molecule has 0 spiro atoms. The maximum atomic E-state index is 5.13. The van der Waals surface area contributed by atoms with Gasteiger partial charge in [-0.2, -0.15) is 0 Å². The quantitative estimate of drug-likeness (QED) is 0.454. The molecule has 5 heteroatoms. The van der Waals surface area contributed by atoms with Gasteiger partial charge in [-0.25, -0.2) is 0 Å². The van der Waals surface area contributed by atoms with Crippen LogP contribution in [0.2, 0.25) is 0 Å². The first-order chi connectivity index (χ1) is 3.30. The van der Waals surface area contributed by atoms with Gasteiger partial charge in [0, 0.05) is 5.28 Å². The molecule has 0 fully saturated rings. The van der Waals surface area contributed by atoms with Crippen molar-refractivity contribution in [3.05, 3.63) is 0 Å². The molecular weight excluding hydrogens is 114 g/mol. The third kappa shape index (κ3) is 0.726. The number of nitrogens with zero attached hydrogens (tertiary/aromatic N) is 2. The number of thiocarbonyl (C=S) groups is 1. The molecule has 0 saturated heterocycles. The monoisotopic (exact) mass is 117 g/mol. The van der Waals surface area contributed by atoms with Crippen molar-refractivity contribution in [2.75, 3.05) is 0 Å². The van der Waals surface area contributed by atoms with Gasteiger partial charge in [-0.3, -0.25) is 5.73 Å². The summed E-state index contributed by atoms with van der Waals surface area (Å²) in [6.45, 7) is 0. The normalized spacial score (nSPS) is 28.1. The van der Waals surface area contributed by atoms with Crippen LogP contribution in [0, 0.1) is 0 Å². The SMILES string of the molecule is NC1ON=NC1=S. The molecule has 0 aliphatic carbocycles. The molecule has 1 unspecified atom stereocenters. The van der Waals surface area contributed by atoms with Gasteiger partial charge >= 0.3 is 0 Å². The topological polar surface area (TPSA) is 60.0 Å². The molecule has 0 saturated carbocycles. The summed E-state index contributed by atoms with van der Waals surface area (Å²) in [6, 6.07) is 0. The summed E-state index contributed by atoms with van der Waals surface area (Å²) < 4.78 is 0. The Labute approximate surface area is 45.3 Å². The fourth-order valence-corrected chi connectivity index (χ4v) is 0.293. The molecule has 0 aromatic heterocycles. The molecule has 0 bridgehead atoms. The zero-order valence-electron chi connectivity index (χ0n) is 3.37. The lowest BCUT2D eigenvalue weighted by molar-refractivity contribution is 0.117. The van der Waals surface area contributed by atoms with Gasteiger partial charge in [-0.15, -0.1) is 5.11 Å². The van der Waals surface area contributed by atoms with Crippen molar-refractivity contribution in [3.63, 3.8) is 0 Å². The van der Waals surface area contributed by atoms with Crippen molar-refractivity contribution in [2.24, 2.45) is 16.1 Å². The van der Waals surface area contributed by atoms with Crippen molar-refractivity contribution in [1.82, 2.24) is 0 Å². The third-order valence-electron chi connectivity index (χ3n) is 0.543. The Hall–Kier alpha value is -0.550. The molecule has 1 aliphatic rings. The van der Waals surface area contributed by atoms with E-state index >= 15 is 0 Å². The highest BCUT2D eigenvalue weighted by Gasteiger charge is 2.14. The van der Waals surface area contributed by atoms with Gasteiger partial charge in [0.2, 0.25) is 6.23 Å². The fraction of sp³-hybridized carbons (Fsp3) is 0.500. The Bertz CT molecular complexity index is 122. The molecule has 0 amide bonds. The van der Waals surface area contributed by atoms with Crippen LogP contribution in [0.3, 0.4) is 0 Å². The van der Waals surface area contributed by atoms with Gasteiger partial charge in [0.15, 0.2) is 4.99 Å². The summed E-state index contributed by atoms with van der Waals surface area (Å²) in [5.41, 5.74) is 5.13. The molecule has 38 valence electrons. The van der Waals surface area contributed by atoms with E-state index in [1.54, 1.807) is 0 Å². The highest BCUT2D eigenvalue weighted by molar-refractivity contribution is 7.80. The fourth-order valence-electron chi connectivity index (χ4n) is 0.217. The first kappa shape index (κ1) is 4.61. The van der Waals surface area contributed by atoms with Crippen molar-refractivity contribution in [3.8, 4) is 0 Å². The van der Waals surface area contributed by atoms with Crippen molar-refractivity contribution in [1.29, 1.82) is 0 Å². The second-order valence-corrected chi connectivity index (χ2v) is 1.46. The van der Waals surface area contributed by atoms with Gasteiger partial charge in [-0.1, -0.05) is 12.2 Å². The van der Waals surface area contributed by atoms with Crippen molar-refractivity contribution in [2.45, 2.75) is 6.23 Å². The highest BCUT2D eigenvalue weighted by atomic mass is 32.1. The minimum Gasteiger partial charge on any atom is -0.352 e. The Balaban J connectivity index is 2.62. The summed E-state index contributed by atoms with van der Waals surface area (Å²) >= 11 is 4.53. The molecule has 1 rings (SSSR count). The van der Waals surface area contributed by atoms with Crippen LogP contribution in [0.25, 0.3) is 0 Å². The molecule has 1 atom stereocenters. The molecule has 4 nitrogen and oxygen atoms in total. The van der Waals surface area contributed by atoms with Gasteiger partial charge in [0.05, 0.1) is 0 Å². The largest absolute Gasteiger partial charge is 0.352 e. The molecule has 0 aromatic carbocycles. The number of nitrogens with two attached hydrogens (primary N) is 1. The summed E-state index contributed by atoms with van der Waals surface area (Å²) in [5.74, 6) is 0. The molecule has 1 heterocycles. The van der Waals surface area contributed by atoms with Crippen LogP contribution in [-0.4, -0.2) is 11.2 Å². The minimum absolute atomic E-state index is 0.306. The van der Waals surface area contributed by atoms with Crippen LogP contribution in [0.4, 0.5) is 0 Å². The van der Waals surface area contributed by atoms with Gasteiger partial charge in [0.1, 0.15) is 0 Å². The molecule has 7 heavy (non-hydrogen) atoms. The Morgan fingerprint density at radius 3 is 2.71 bits per heavy atom. The van der Waals surface area contributed by atoms with E-state index in [2.05, 4.69) is 27.4 Å². The summed E-state index contributed by atoms with van der Waals surface area (Å²) in [5, 5.41) is 6.43. The van der Waals surface area contributed by atoms with Crippen LogP contribution in [0.5, 0.6) is 0 Å². The smallest absolute Gasteiger partial charge is 0.233 e. The second kappa shape index (κ2) is 1.51. The summed E-state index contributed by atoms with van der Waals surface area (Å²) in [7, 11) is 0. The Morgan fingerprint density at radius 2 is 2.57 bits per heavy atom. The predicted molar refractivity (Wildman–Crippen MR) is 26.5 cm³/mol. The first-order valence-corrected chi connectivity index (χ1v) is 2.08. The molecular formula is C2H3N3OS. The van der Waals surface area contributed by atoms with E-state index in [-0.39, 0.29) is 0 Å². The minimum atomic E-state index is -0.588. The first-order valence-electron chi connectivity index (χ1n) is 1.67. The molecule has 0 radical (unpaired) electrons. The second-order valence-electron chi connectivity index (χ2n) is 1.05. The lowest BCUT2D eigenvalue weighted by Crippen LogP contribution is -2.24. The van der Waals surface area contributed by atoms with E-state index in [0.29, 0.717) is 4.99 Å². The van der Waals surface area contributed by atoms with Crippen molar-refractivity contribution >= 4 is 17.2 Å². The predicted octanol–water partition coefficient (Wildman–Crippen LogP) is -0.00400. The maximum Gasteiger partial charge on any atom is 0.233 e. The summed E-state index contributed by atoms with van der Waals surface area (Å²) in [6.07, 6.45) is -0.588. The Kier molecular flexibility index (Phi) is 0.994. The molecule has 1 aliphatic heterocycles. The molecule has 2 N–H and O–H groups in total. The maximum absolute atomic E-state index is 5.13. The number of rotatable bonds is 0. The van der Waals surface area contributed by atoms with E-state index in [4.69, 9.17) is 5.73 Å². The number of hydrogen-bond donors (Lipinski definition) is 1. The van der Waals surface area contributed by atoms with Crippen LogP contribution in [-0.2, 0) is 4.84 Å². The number of hydrogen-bond acceptors (Lipinski definition) is 4.